The highest BCUT2D eigenvalue weighted by atomic mass is 35.5. The molecule has 0 radical (unpaired) electrons. The van der Waals surface area contributed by atoms with Gasteiger partial charge in [-0.1, -0.05) is 23.7 Å². The average molecular weight is 435 g/mol. The van der Waals surface area contributed by atoms with Gasteiger partial charge in [-0.2, -0.15) is 0 Å². The van der Waals surface area contributed by atoms with E-state index in [1.807, 2.05) is 0 Å². The van der Waals surface area contributed by atoms with Crippen molar-refractivity contribution in [2.24, 2.45) is 0 Å². The van der Waals surface area contributed by atoms with Crippen LogP contribution in [0.2, 0.25) is 5.02 Å². The quantitative estimate of drug-likeness (QED) is 0.543. The third-order valence-corrected chi connectivity index (χ3v) is 5.40. The van der Waals surface area contributed by atoms with Crippen LogP contribution >= 0.6 is 11.6 Å². The number of ether oxygens (including phenoxy) is 1. The van der Waals surface area contributed by atoms with Crippen molar-refractivity contribution in [1.82, 2.24) is 4.90 Å². The summed E-state index contributed by atoms with van der Waals surface area (Å²) in [5, 5.41) is 0.526. The molecule has 4 rings (SSSR count). The van der Waals surface area contributed by atoms with Gasteiger partial charge in [-0.3, -0.25) is 19.3 Å². The van der Waals surface area contributed by atoms with E-state index in [1.54, 1.807) is 79.9 Å². The Balaban J connectivity index is 1.60. The summed E-state index contributed by atoms with van der Waals surface area (Å²) in [6.45, 7) is 0.205. The fourth-order valence-corrected chi connectivity index (χ4v) is 3.63. The molecule has 7 heteroatoms. The van der Waals surface area contributed by atoms with Gasteiger partial charge in [0.05, 0.1) is 18.2 Å². The fraction of sp³-hybridized carbons (Fsp3) is 0.125. The number of carbonyl (C=O) groups excluding carboxylic acids is 3. The number of rotatable bonds is 6. The zero-order valence-electron chi connectivity index (χ0n) is 16.7. The Kier molecular flexibility index (Phi) is 5.73. The normalized spacial score (nSPS) is 12.6. The molecule has 0 N–H and O–H groups in total. The van der Waals surface area contributed by atoms with E-state index < -0.39 is 0 Å². The summed E-state index contributed by atoms with van der Waals surface area (Å²) in [6.07, 6.45) is 0. The topological polar surface area (TPSA) is 66.9 Å². The van der Waals surface area contributed by atoms with Crippen molar-refractivity contribution < 1.29 is 19.1 Å². The van der Waals surface area contributed by atoms with Crippen molar-refractivity contribution in [3.63, 3.8) is 0 Å². The average Bonchev–Trinajstić information content (AvgIpc) is 3.05. The molecule has 0 aromatic heterocycles. The number of hydrogen-bond acceptors (Lipinski definition) is 4. The molecule has 0 spiro atoms. The molecule has 6 nitrogen and oxygen atoms in total. The van der Waals surface area contributed by atoms with Crippen LogP contribution in [0.1, 0.15) is 31.1 Å². The van der Waals surface area contributed by atoms with Crippen LogP contribution in [-0.4, -0.2) is 42.8 Å². The predicted octanol–water partition coefficient (Wildman–Crippen LogP) is 4.29. The van der Waals surface area contributed by atoms with E-state index in [0.717, 1.165) is 0 Å². The molecule has 3 aromatic carbocycles. The molecule has 0 saturated carbocycles. The number of halogens is 1. The van der Waals surface area contributed by atoms with Gasteiger partial charge in [-0.15, -0.1) is 0 Å². The molecule has 156 valence electrons. The largest absolute Gasteiger partial charge is 0.497 e. The Morgan fingerprint density at radius 2 is 1.48 bits per heavy atom. The molecule has 1 heterocycles. The molecule has 0 saturated heterocycles. The van der Waals surface area contributed by atoms with Crippen LogP contribution in [0.25, 0.3) is 0 Å². The Bertz CT molecular complexity index is 1110. The van der Waals surface area contributed by atoms with E-state index in [0.29, 0.717) is 33.1 Å². The van der Waals surface area contributed by atoms with E-state index >= 15 is 0 Å². The van der Waals surface area contributed by atoms with Crippen molar-refractivity contribution in [3.8, 4) is 5.75 Å². The van der Waals surface area contributed by atoms with Gasteiger partial charge in [-0.25, -0.2) is 0 Å². The van der Waals surface area contributed by atoms with Gasteiger partial charge in [0.2, 0.25) is 0 Å². The molecule has 31 heavy (non-hydrogen) atoms. The number of nitrogens with zero attached hydrogens (tertiary/aromatic N) is 2. The number of hydrogen-bond donors (Lipinski definition) is 0. The van der Waals surface area contributed by atoms with Crippen LogP contribution in [0.15, 0.2) is 72.8 Å². The molecule has 0 fully saturated rings. The second kappa shape index (κ2) is 8.62. The Hall–Kier alpha value is -3.64. The summed E-state index contributed by atoms with van der Waals surface area (Å²) < 4.78 is 5.20. The molecule has 0 unspecified atom stereocenters. The Labute approximate surface area is 184 Å². The molecule has 0 bridgehead atoms. The molecular formula is C24H19ClN2O4. The maximum absolute atomic E-state index is 13.3. The molecule has 0 atom stereocenters. The zero-order valence-corrected chi connectivity index (χ0v) is 17.5. The van der Waals surface area contributed by atoms with Crippen molar-refractivity contribution in [2.75, 3.05) is 25.1 Å². The highest BCUT2D eigenvalue weighted by molar-refractivity contribution is 6.30. The van der Waals surface area contributed by atoms with E-state index in [9.17, 15) is 14.4 Å². The van der Waals surface area contributed by atoms with Crippen LogP contribution in [0.3, 0.4) is 0 Å². The van der Waals surface area contributed by atoms with Crippen LogP contribution in [-0.2, 0) is 0 Å². The molecule has 0 aliphatic carbocycles. The molecule has 1 aliphatic rings. The maximum Gasteiger partial charge on any atom is 0.261 e. The van der Waals surface area contributed by atoms with Gasteiger partial charge in [0.1, 0.15) is 5.75 Å². The first-order valence-corrected chi connectivity index (χ1v) is 10.0. The first-order valence-electron chi connectivity index (χ1n) is 9.66. The van der Waals surface area contributed by atoms with Crippen molar-refractivity contribution in [3.05, 3.63) is 94.5 Å². The van der Waals surface area contributed by atoms with Gasteiger partial charge in [0.25, 0.3) is 17.7 Å². The minimum absolute atomic E-state index is 0.0672. The summed E-state index contributed by atoms with van der Waals surface area (Å²) in [5.41, 5.74) is 1.83. The van der Waals surface area contributed by atoms with Gasteiger partial charge in [0.15, 0.2) is 0 Å². The van der Waals surface area contributed by atoms with Crippen LogP contribution in [0, 0.1) is 0 Å². The highest BCUT2D eigenvalue weighted by Gasteiger charge is 2.35. The van der Waals surface area contributed by atoms with Gasteiger partial charge in [-0.05, 0) is 60.7 Å². The number of benzene rings is 3. The lowest BCUT2D eigenvalue weighted by Crippen LogP contribution is -2.41. The smallest absolute Gasteiger partial charge is 0.261 e. The monoisotopic (exact) mass is 434 g/mol. The number of carbonyl (C=O) groups is 3. The highest BCUT2D eigenvalue weighted by Crippen LogP contribution is 2.25. The SMILES string of the molecule is COc1ccc(N(CCN2C(=O)c3ccccc3C2=O)C(=O)c2ccc(Cl)cc2)cc1. The Morgan fingerprint density at radius 3 is 2.03 bits per heavy atom. The standard InChI is InChI=1S/C24H19ClN2O4/c1-31-19-12-10-18(11-13-19)26(22(28)16-6-8-17(25)9-7-16)14-15-27-23(29)20-4-2-3-5-21(20)24(27)30/h2-13H,14-15H2,1H3. The molecule has 1 aliphatic heterocycles. The van der Waals surface area contributed by atoms with Crippen LogP contribution in [0.5, 0.6) is 5.75 Å². The van der Waals surface area contributed by atoms with Crippen molar-refractivity contribution in [2.45, 2.75) is 0 Å². The van der Waals surface area contributed by atoms with Gasteiger partial charge >= 0.3 is 0 Å². The van der Waals surface area contributed by atoms with Crippen molar-refractivity contribution in [1.29, 1.82) is 0 Å². The summed E-state index contributed by atoms with van der Waals surface area (Å²) in [6, 6.07) is 20.3. The van der Waals surface area contributed by atoms with Gasteiger partial charge in [0, 0.05) is 29.4 Å². The fourth-order valence-electron chi connectivity index (χ4n) is 3.50. The summed E-state index contributed by atoms with van der Waals surface area (Å²) >= 11 is 5.95. The first kappa shape index (κ1) is 20.6. The van der Waals surface area contributed by atoms with E-state index in [-0.39, 0.29) is 30.8 Å². The summed E-state index contributed by atoms with van der Waals surface area (Å²) in [7, 11) is 1.56. The van der Waals surface area contributed by atoms with Gasteiger partial charge < -0.3 is 9.64 Å². The second-order valence-electron chi connectivity index (χ2n) is 6.97. The number of amides is 3. The van der Waals surface area contributed by atoms with E-state index in [4.69, 9.17) is 16.3 Å². The first-order chi connectivity index (χ1) is 15.0. The molecule has 3 aromatic rings. The minimum atomic E-state index is -0.353. The lowest BCUT2D eigenvalue weighted by molar-refractivity contribution is 0.0654. The second-order valence-corrected chi connectivity index (χ2v) is 7.41. The minimum Gasteiger partial charge on any atom is -0.497 e. The Morgan fingerprint density at radius 1 is 0.903 bits per heavy atom. The van der Waals surface area contributed by atoms with Crippen LogP contribution < -0.4 is 9.64 Å². The van der Waals surface area contributed by atoms with Crippen molar-refractivity contribution >= 4 is 35.0 Å². The lowest BCUT2D eigenvalue weighted by atomic mass is 10.1. The number of imide groups is 1. The number of methoxy groups -OCH3 is 1. The predicted molar refractivity (Wildman–Crippen MR) is 118 cm³/mol. The zero-order chi connectivity index (χ0) is 22.0. The number of anilines is 1. The summed E-state index contributed by atoms with van der Waals surface area (Å²) in [5.74, 6) is -0.315. The summed E-state index contributed by atoms with van der Waals surface area (Å²) in [4.78, 5) is 41.3. The maximum atomic E-state index is 13.3. The van der Waals surface area contributed by atoms with E-state index in [1.165, 1.54) is 9.80 Å². The molecular weight excluding hydrogens is 416 g/mol. The third-order valence-electron chi connectivity index (χ3n) is 5.15. The third kappa shape index (κ3) is 4.02. The number of fused-ring (bicyclic) bond motifs is 1. The lowest BCUT2D eigenvalue weighted by Gasteiger charge is -2.25. The molecule has 3 amide bonds. The van der Waals surface area contributed by atoms with E-state index in [2.05, 4.69) is 0 Å². The van der Waals surface area contributed by atoms with Crippen LogP contribution in [0.4, 0.5) is 5.69 Å².